The van der Waals surface area contributed by atoms with Crippen molar-refractivity contribution in [3.8, 4) is 0 Å². The molecular formula is C12H19F6IN2O23P6. The van der Waals surface area contributed by atoms with Gasteiger partial charge in [0.2, 0.25) is 0 Å². The SMILES string of the molecule is O=P(O)(O)F.O=P(O)(O)F.O=P(O)(O)F.O=P(O)(O)F.O=P(O)(O)F.O=[N+]([O-])c1cccc(I(=O)(OP(=O)(O)F)c2cccc([N+](=O)[O-])c2)c1. The van der Waals surface area contributed by atoms with Gasteiger partial charge >= 0.3 is 183 Å². The number of halogens is 7. The standard InChI is InChI=1S/C12H9FIN2O8P.5FH2O3P/c13-25(22,23)24-14(17,9-3-1-5-11(7-9)15(18)19)10-4-2-6-12(8-10)16(20)21;5*1-5(2,3)4/h1-8H,(H,22,23);5*(H2,2,3,4). The summed E-state index contributed by atoms with van der Waals surface area (Å²) in [5, 5.41) is 21.7. The fraction of sp³-hybridized carbons (Fsp3) is 0. The monoisotopic (exact) mass is 986 g/mol. The van der Waals surface area contributed by atoms with Crippen molar-refractivity contribution in [3.05, 3.63) is 75.9 Å². The van der Waals surface area contributed by atoms with E-state index in [-0.39, 0.29) is 0 Å². The molecule has 0 spiro atoms. The predicted octanol–water partition coefficient (Wildman–Crippen LogP) is 4.17. The molecule has 2 rings (SSSR count). The molecule has 0 amide bonds. The van der Waals surface area contributed by atoms with Crippen LogP contribution in [0.15, 0.2) is 48.5 Å². The third-order valence-corrected chi connectivity index (χ3v) is 10.9. The topological polar surface area (TPSA) is 438 Å². The normalized spacial score (nSPS) is 13.1. The number of hydrogen-bond donors (Lipinski definition) is 11. The maximum absolute atomic E-state index is 13.2. The van der Waals surface area contributed by atoms with Gasteiger partial charge in [0.1, 0.15) is 0 Å². The van der Waals surface area contributed by atoms with E-state index in [0.717, 1.165) is 48.5 Å². The zero-order chi connectivity index (χ0) is 41.3. The number of nitro benzene ring substituents is 2. The predicted molar refractivity (Wildman–Crippen MR) is 156 cm³/mol. The Morgan fingerprint density at radius 1 is 0.520 bits per heavy atom. The van der Waals surface area contributed by atoms with Crippen LogP contribution in [0.5, 0.6) is 0 Å². The molecule has 294 valence electrons. The number of rotatable bonds is 6. The van der Waals surface area contributed by atoms with E-state index in [2.05, 4.69) is 2.85 Å². The first-order chi connectivity index (χ1) is 21.5. The van der Waals surface area contributed by atoms with Gasteiger partial charge < -0.3 is 0 Å². The van der Waals surface area contributed by atoms with E-state index in [0.29, 0.717) is 0 Å². The van der Waals surface area contributed by atoms with Crippen molar-refractivity contribution in [2.24, 2.45) is 0 Å². The zero-order valence-corrected chi connectivity index (χ0v) is 30.2. The van der Waals surface area contributed by atoms with Crippen LogP contribution >= 0.6 is 66.3 Å². The molecular weight excluding hydrogens is 967 g/mol. The van der Waals surface area contributed by atoms with Crippen LogP contribution in [-0.4, -0.2) is 63.7 Å². The van der Waals surface area contributed by atoms with Gasteiger partial charge in [0.05, 0.1) is 0 Å². The van der Waals surface area contributed by atoms with Gasteiger partial charge in [-0.15, -0.1) is 21.0 Å². The van der Waals surface area contributed by atoms with E-state index in [4.69, 9.17) is 76.7 Å². The van der Waals surface area contributed by atoms with Crippen LogP contribution < -0.4 is 0 Å². The van der Waals surface area contributed by atoms with Crippen molar-refractivity contribution in [2.45, 2.75) is 0 Å². The summed E-state index contributed by atoms with van der Waals surface area (Å²) in [7, 11) is -31.5. The second-order valence-electron chi connectivity index (χ2n) is 6.83. The minimum absolute atomic E-state index is 0.395. The van der Waals surface area contributed by atoms with Gasteiger partial charge in [-0.2, -0.15) is 0 Å². The van der Waals surface area contributed by atoms with Gasteiger partial charge in [-0.25, -0.2) is 22.8 Å². The van der Waals surface area contributed by atoms with E-state index in [1.807, 2.05) is 0 Å². The van der Waals surface area contributed by atoms with Gasteiger partial charge in [0.25, 0.3) is 0 Å². The Hall–Kier alpha value is -1.75. The van der Waals surface area contributed by atoms with Gasteiger partial charge in [0.15, 0.2) is 0 Å². The average molecular weight is 986 g/mol. The Kier molecular flexibility index (Phi) is 24.6. The summed E-state index contributed by atoms with van der Waals surface area (Å²) in [4.78, 5) is 98.6. The van der Waals surface area contributed by atoms with Crippen LogP contribution in [0.1, 0.15) is 0 Å². The second-order valence-corrected chi connectivity index (χ2v) is 18.9. The number of benzene rings is 2. The van der Waals surface area contributed by atoms with Crippen LogP contribution in [0.4, 0.5) is 36.6 Å². The van der Waals surface area contributed by atoms with E-state index in [9.17, 15) is 53.0 Å². The van der Waals surface area contributed by atoms with Gasteiger partial charge in [-0.05, 0) is 0 Å². The van der Waals surface area contributed by atoms with E-state index < -0.39 is 94.6 Å². The van der Waals surface area contributed by atoms with E-state index >= 15 is 0 Å². The van der Waals surface area contributed by atoms with E-state index in [1.165, 1.54) is 0 Å². The summed E-state index contributed by atoms with van der Waals surface area (Å²) in [5.74, 6) is 0. The summed E-state index contributed by atoms with van der Waals surface area (Å²) < 4.78 is 136. The van der Waals surface area contributed by atoms with Crippen molar-refractivity contribution in [2.75, 3.05) is 0 Å². The van der Waals surface area contributed by atoms with Crippen LogP contribution in [0.25, 0.3) is 0 Å². The molecule has 0 bridgehead atoms. The Morgan fingerprint density at radius 3 is 0.880 bits per heavy atom. The van der Waals surface area contributed by atoms with Crippen LogP contribution in [0, 0.1) is 27.4 Å². The molecule has 0 fully saturated rings. The molecule has 0 saturated heterocycles. The molecule has 0 aromatic heterocycles. The third kappa shape index (κ3) is 48.4. The van der Waals surface area contributed by atoms with Crippen LogP contribution in [-0.2, 0) is 33.3 Å². The van der Waals surface area contributed by atoms with Gasteiger partial charge in [-0.3, -0.25) is 48.9 Å². The fourth-order valence-electron chi connectivity index (χ4n) is 1.81. The third-order valence-electron chi connectivity index (χ3n) is 2.79. The Balaban J connectivity index is -0.000000341. The molecule has 0 heterocycles. The molecule has 1 unspecified atom stereocenters. The second kappa shape index (κ2) is 22.3. The van der Waals surface area contributed by atoms with E-state index in [1.54, 1.807) is 0 Å². The summed E-state index contributed by atoms with van der Waals surface area (Å²) in [5.41, 5.74) is -1.02. The molecule has 11 N–H and O–H groups in total. The van der Waals surface area contributed by atoms with Crippen LogP contribution in [0.3, 0.4) is 0 Å². The fourth-order valence-corrected chi connectivity index (χ4v) is 9.17. The van der Waals surface area contributed by atoms with Crippen molar-refractivity contribution < 1.29 is 122 Å². The summed E-state index contributed by atoms with van der Waals surface area (Å²) in [6, 6.07) is 8.17. The maximum atomic E-state index is 13.2. The number of nitro groups is 2. The molecule has 50 heavy (non-hydrogen) atoms. The molecule has 2 aromatic rings. The number of nitrogens with zero attached hydrogens (tertiary/aromatic N) is 2. The summed E-state index contributed by atoms with van der Waals surface area (Å²) in [6.45, 7) is 0. The molecule has 0 aliphatic carbocycles. The summed E-state index contributed by atoms with van der Waals surface area (Å²) in [6.07, 6.45) is 0. The Morgan fingerprint density at radius 2 is 0.720 bits per heavy atom. The number of hydrogen-bond acceptors (Lipinski definition) is 12. The first-order valence-corrected chi connectivity index (χ1v) is 22.9. The molecule has 0 radical (unpaired) electrons. The Bertz CT molecular complexity index is 1530. The molecule has 25 nitrogen and oxygen atoms in total. The average Bonchev–Trinajstić information content (AvgIpc) is 2.78. The summed E-state index contributed by atoms with van der Waals surface area (Å²) >= 11 is -5.58. The molecule has 2 aromatic carbocycles. The quantitative estimate of drug-likeness (QED) is 0.0636. The van der Waals surface area contributed by atoms with Gasteiger partial charge in [-0.1, -0.05) is 0 Å². The Labute approximate surface area is 275 Å². The van der Waals surface area contributed by atoms with Crippen molar-refractivity contribution in [1.29, 1.82) is 0 Å². The molecule has 0 aliphatic rings. The molecule has 0 saturated carbocycles. The van der Waals surface area contributed by atoms with Crippen LogP contribution in [0.2, 0.25) is 0 Å². The first-order valence-electron chi connectivity index (χ1n) is 10.00. The van der Waals surface area contributed by atoms with Crippen molar-refractivity contribution in [3.63, 3.8) is 0 Å². The van der Waals surface area contributed by atoms with Crippen molar-refractivity contribution in [1.82, 2.24) is 0 Å². The molecule has 38 heteroatoms. The minimum atomic E-state index is -5.77. The first kappa shape index (κ1) is 55.0. The zero-order valence-electron chi connectivity index (χ0n) is 22.7. The number of non-ortho nitro benzene ring substituents is 2. The van der Waals surface area contributed by atoms with Crippen molar-refractivity contribution >= 4 is 77.6 Å². The van der Waals surface area contributed by atoms with Gasteiger partial charge in [0, 0.05) is 0 Å². The molecule has 1 atom stereocenters. The molecule has 0 aliphatic heterocycles.